The lowest BCUT2D eigenvalue weighted by molar-refractivity contribution is 0.0621. The molecule has 1 unspecified atom stereocenters. The number of hydrogen-bond acceptors (Lipinski definition) is 4. The van der Waals surface area contributed by atoms with Gasteiger partial charge in [0.15, 0.2) is 0 Å². The number of nitrogens with one attached hydrogen (secondary N) is 1. The lowest BCUT2D eigenvalue weighted by Crippen LogP contribution is -2.50. The minimum atomic E-state index is -0.244. The number of carbonyl (C=O) groups is 1. The molecule has 1 aliphatic rings. The Labute approximate surface area is 118 Å². The Morgan fingerprint density at radius 1 is 1.40 bits per heavy atom. The van der Waals surface area contributed by atoms with Gasteiger partial charge in [0.05, 0.1) is 0 Å². The van der Waals surface area contributed by atoms with Gasteiger partial charge in [-0.25, -0.2) is 0 Å². The summed E-state index contributed by atoms with van der Waals surface area (Å²) in [7, 11) is 0. The molecule has 2 rings (SSSR count). The lowest BCUT2D eigenvalue weighted by Gasteiger charge is -2.35. The van der Waals surface area contributed by atoms with Gasteiger partial charge in [0.25, 0.3) is 5.91 Å². The molecule has 0 radical (unpaired) electrons. The SMILES string of the molecule is CC(CN)CN1CCN(C(=O)c2cc[nH]c(=O)c2)CC1. The third kappa shape index (κ3) is 3.68. The summed E-state index contributed by atoms with van der Waals surface area (Å²) in [4.78, 5) is 30.2. The molecule has 1 aliphatic heterocycles. The van der Waals surface area contributed by atoms with Crippen molar-refractivity contribution in [1.29, 1.82) is 0 Å². The van der Waals surface area contributed by atoms with E-state index in [1.807, 2.05) is 0 Å². The van der Waals surface area contributed by atoms with Crippen molar-refractivity contribution in [3.8, 4) is 0 Å². The number of rotatable bonds is 4. The third-order valence-electron chi connectivity index (χ3n) is 3.65. The number of hydrogen-bond donors (Lipinski definition) is 2. The summed E-state index contributed by atoms with van der Waals surface area (Å²) in [6, 6.07) is 3.00. The van der Waals surface area contributed by atoms with Gasteiger partial charge in [-0.05, 0) is 18.5 Å². The van der Waals surface area contributed by atoms with Crippen LogP contribution in [0.1, 0.15) is 17.3 Å². The fourth-order valence-corrected chi connectivity index (χ4v) is 2.41. The number of H-pyrrole nitrogens is 1. The highest BCUT2D eigenvalue weighted by molar-refractivity contribution is 5.94. The van der Waals surface area contributed by atoms with Gasteiger partial charge < -0.3 is 15.6 Å². The molecule has 6 nitrogen and oxygen atoms in total. The molecule has 3 N–H and O–H groups in total. The van der Waals surface area contributed by atoms with E-state index in [9.17, 15) is 9.59 Å². The lowest BCUT2D eigenvalue weighted by atomic mass is 10.1. The summed E-state index contributed by atoms with van der Waals surface area (Å²) >= 11 is 0. The van der Waals surface area contributed by atoms with E-state index < -0.39 is 0 Å². The number of aromatic nitrogens is 1. The fourth-order valence-electron chi connectivity index (χ4n) is 2.41. The van der Waals surface area contributed by atoms with E-state index in [4.69, 9.17) is 5.73 Å². The summed E-state index contributed by atoms with van der Waals surface area (Å²) < 4.78 is 0. The van der Waals surface area contributed by atoms with Crippen LogP contribution in [-0.2, 0) is 0 Å². The van der Waals surface area contributed by atoms with Crippen molar-refractivity contribution in [2.75, 3.05) is 39.3 Å². The first-order valence-electron chi connectivity index (χ1n) is 7.00. The fraction of sp³-hybridized carbons (Fsp3) is 0.571. The predicted octanol–water partition coefficient (Wildman–Crippen LogP) is -0.272. The minimum Gasteiger partial charge on any atom is -0.336 e. The van der Waals surface area contributed by atoms with Crippen molar-refractivity contribution >= 4 is 5.91 Å². The van der Waals surface area contributed by atoms with Gasteiger partial charge in [-0.2, -0.15) is 0 Å². The Morgan fingerprint density at radius 2 is 2.10 bits per heavy atom. The van der Waals surface area contributed by atoms with Crippen LogP contribution in [-0.4, -0.2) is 60.0 Å². The minimum absolute atomic E-state index is 0.0670. The first kappa shape index (κ1) is 14.7. The van der Waals surface area contributed by atoms with Crippen LogP contribution in [0.15, 0.2) is 23.1 Å². The van der Waals surface area contributed by atoms with Crippen molar-refractivity contribution in [1.82, 2.24) is 14.8 Å². The van der Waals surface area contributed by atoms with Crippen molar-refractivity contribution in [2.45, 2.75) is 6.92 Å². The third-order valence-corrected chi connectivity index (χ3v) is 3.65. The maximum absolute atomic E-state index is 12.3. The normalized spacial score (nSPS) is 18.0. The molecule has 6 heteroatoms. The van der Waals surface area contributed by atoms with Crippen LogP contribution in [0.4, 0.5) is 0 Å². The number of amides is 1. The van der Waals surface area contributed by atoms with E-state index in [1.165, 1.54) is 12.3 Å². The summed E-state index contributed by atoms with van der Waals surface area (Å²) in [5.74, 6) is 0.410. The molecule has 2 heterocycles. The molecular weight excluding hydrogens is 256 g/mol. The van der Waals surface area contributed by atoms with Crippen molar-refractivity contribution in [3.63, 3.8) is 0 Å². The van der Waals surface area contributed by atoms with Crippen LogP contribution >= 0.6 is 0 Å². The van der Waals surface area contributed by atoms with Crippen molar-refractivity contribution in [3.05, 3.63) is 34.2 Å². The van der Waals surface area contributed by atoms with Crippen LogP contribution in [0.5, 0.6) is 0 Å². The molecule has 1 saturated heterocycles. The van der Waals surface area contributed by atoms with Gasteiger partial charge in [0.2, 0.25) is 5.56 Å². The Kier molecular flexibility index (Phi) is 4.92. The maximum atomic E-state index is 12.3. The number of carbonyl (C=O) groups excluding carboxylic acids is 1. The molecule has 1 atom stereocenters. The largest absolute Gasteiger partial charge is 0.336 e. The van der Waals surface area contributed by atoms with E-state index in [2.05, 4.69) is 16.8 Å². The molecule has 1 amide bonds. The highest BCUT2D eigenvalue weighted by Gasteiger charge is 2.22. The van der Waals surface area contributed by atoms with Gasteiger partial charge in [-0.15, -0.1) is 0 Å². The second-order valence-corrected chi connectivity index (χ2v) is 5.38. The van der Waals surface area contributed by atoms with Crippen LogP contribution in [0.2, 0.25) is 0 Å². The second-order valence-electron chi connectivity index (χ2n) is 5.38. The summed E-state index contributed by atoms with van der Waals surface area (Å²) in [5.41, 5.74) is 5.84. The van der Waals surface area contributed by atoms with Crippen LogP contribution in [0, 0.1) is 5.92 Å². The Bertz CT molecular complexity index is 506. The average Bonchev–Trinajstić information content (AvgIpc) is 2.47. The van der Waals surface area contributed by atoms with Crippen molar-refractivity contribution in [2.24, 2.45) is 11.7 Å². The van der Waals surface area contributed by atoms with Gasteiger partial charge in [-0.3, -0.25) is 14.5 Å². The molecule has 0 bridgehead atoms. The molecule has 1 fully saturated rings. The second kappa shape index (κ2) is 6.67. The summed E-state index contributed by atoms with van der Waals surface area (Å²) in [6.07, 6.45) is 1.51. The van der Waals surface area contributed by atoms with Gasteiger partial charge in [0.1, 0.15) is 0 Å². The zero-order valence-corrected chi connectivity index (χ0v) is 11.8. The molecule has 110 valence electrons. The number of nitrogens with two attached hydrogens (primary N) is 1. The topological polar surface area (TPSA) is 82.4 Å². The van der Waals surface area contributed by atoms with Gasteiger partial charge in [0, 0.05) is 50.6 Å². The quantitative estimate of drug-likeness (QED) is 0.794. The van der Waals surface area contributed by atoms with E-state index in [0.717, 1.165) is 19.6 Å². The zero-order valence-electron chi connectivity index (χ0n) is 11.8. The number of piperazine rings is 1. The van der Waals surface area contributed by atoms with E-state index in [1.54, 1.807) is 11.0 Å². The molecule has 0 spiro atoms. The zero-order chi connectivity index (χ0) is 14.5. The van der Waals surface area contributed by atoms with E-state index in [-0.39, 0.29) is 11.5 Å². The molecule has 0 aromatic carbocycles. The smallest absolute Gasteiger partial charge is 0.254 e. The molecule has 0 aliphatic carbocycles. The number of pyridine rings is 1. The van der Waals surface area contributed by atoms with Gasteiger partial charge >= 0.3 is 0 Å². The highest BCUT2D eigenvalue weighted by Crippen LogP contribution is 2.08. The average molecular weight is 278 g/mol. The molecule has 1 aromatic heterocycles. The molecular formula is C14H22N4O2. The predicted molar refractivity (Wildman–Crippen MR) is 77.6 cm³/mol. The monoisotopic (exact) mass is 278 g/mol. The van der Waals surface area contributed by atoms with E-state index >= 15 is 0 Å². The Morgan fingerprint density at radius 3 is 2.70 bits per heavy atom. The Hall–Kier alpha value is -1.66. The summed E-state index contributed by atoms with van der Waals surface area (Å²) in [6.45, 7) is 6.91. The maximum Gasteiger partial charge on any atom is 0.254 e. The van der Waals surface area contributed by atoms with Crippen LogP contribution in [0.25, 0.3) is 0 Å². The standard InChI is InChI=1S/C14H22N4O2/c1-11(9-15)10-17-4-6-18(7-5-17)14(20)12-2-3-16-13(19)8-12/h2-3,8,11H,4-7,9-10,15H2,1H3,(H,16,19). The number of nitrogens with zero attached hydrogens (tertiary/aromatic N) is 2. The van der Waals surface area contributed by atoms with Crippen LogP contribution in [0.3, 0.4) is 0 Å². The van der Waals surface area contributed by atoms with Gasteiger partial charge in [-0.1, -0.05) is 6.92 Å². The molecule has 1 aromatic rings. The van der Waals surface area contributed by atoms with E-state index in [0.29, 0.717) is 31.1 Å². The molecule has 20 heavy (non-hydrogen) atoms. The highest BCUT2D eigenvalue weighted by atomic mass is 16.2. The number of aromatic amines is 1. The van der Waals surface area contributed by atoms with Crippen LogP contribution < -0.4 is 11.3 Å². The Balaban J connectivity index is 1.90. The first-order valence-corrected chi connectivity index (χ1v) is 7.00. The first-order chi connectivity index (χ1) is 9.60. The summed E-state index contributed by atoms with van der Waals surface area (Å²) in [5, 5.41) is 0. The molecule has 0 saturated carbocycles. The van der Waals surface area contributed by atoms with Crippen molar-refractivity contribution < 1.29 is 4.79 Å².